The molecule has 1 N–H and O–H groups in total. The molecule has 0 aliphatic heterocycles. The number of fused-ring (bicyclic) bond motifs is 1. The van der Waals surface area contributed by atoms with E-state index in [1.54, 1.807) is 11.3 Å². The Hall–Kier alpha value is -2.22. The van der Waals surface area contributed by atoms with Crippen molar-refractivity contribution < 1.29 is 5.11 Å². The lowest BCUT2D eigenvalue weighted by atomic mass is 9.97. The Morgan fingerprint density at radius 1 is 1.10 bits per heavy atom. The largest absolute Gasteiger partial charge is 0.392 e. The van der Waals surface area contributed by atoms with E-state index in [-0.39, 0.29) is 12.5 Å². The standard InChI is InChI=1S/C17H14N2OS/c18-10-14(9-12-5-1-2-6-13(12)11-20)17-19-15-7-3-4-8-16(15)21-17/h1-8,14,20H,9,11H2/t14-/m1/s1. The molecule has 0 aliphatic carbocycles. The van der Waals surface area contributed by atoms with E-state index in [0.717, 1.165) is 26.4 Å². The number of rotatable bonds is 4. The summed E-state index contributed by atoms with van der Waals surface area (Å²) < 4.78 is 1.10. The highest BCUT2D eigenvalue weighted by atomic mass is 32.1. The minimum absolute atomic E-state index is 0.00579. The second-order valence-corrected chi connectivity index (χ2v) is 5.89. The van der Waals surface area contributed by atoms with Crippen LogP contribution in [0.3, 0.4) is 0 Å². The van der Waals surface area contributed by atoms with Gasteiger partial charge in [0.2, 0.25) is 0 Å². The molecule has 0 spiro atoms. The highest BCUT2D eigenvalue weighted by Gasteiger charge is 2.17. The van der Waals surface area contributed by atoms with E-state index in [4.69, 9.17) is 0 Å². The van der Waals surface area contributed by atoms with Crippen molar-refractivity contribution in [2.75, 3.05) is 0 Å². The normalized spacial score (nSPS) is 12.2. The van der Waals surface area contributed by atoms with Gasteiger partial charge in [-0.3, -0.25) is 0 Å². The first-order valence-corrected chi connectivity index (χ1v) is 7.56. The summed E-state index contributed by atoms with van der Waals surface area (Å²) in [5, 5.41) is 19.7. The van der Waals surface area contributed by atoms with Crippen LogP contribution in [0.1, 0.15) is 22.1 Å². The first-order chi connectivity index (χ1) is 10.3. The van der Waals surface area contributed by atoms with Crippen molar-refractivity contribution in [3.63, 3.8) is 0 Å². The van der Waals surface area contributed by atoms with Crippen LogP contribution in [-0.4, -0.2) is 10.1 Å². The maximum absolute atomic E-state index is 9.48. The minimum atomic E-state index is -0.282. The number of hydrogen-bond acceptors (Lipinski definition) is 4. The van der Waals surface area contributed by atoms with Crippen LogP contribution in [0.25, 0.3) is 10.2 Å². The van der Waals surface area contributed by atoms with E-state index in [0.29, 0.717) is 6.42 Å². The maximum atomic E-state index is 9.48. The fraction of sp³-hybridized carbons (Fsp3) is 0.176. The van der Waals surface area contributed by atoms with Crippen LogP contribution in [0.5, 0.6) is 0 Å². The molecule has 0 fully saturated rings. The zero-order chi connectivity index (χ0) is 14.7. The summed E-state index contributed by atoms with van der Waals surface area (Å²) in [7, 11) is 0. The molecule has 0 saturated carbocycles. The SMILES string of the molecule is N#C[C@@H](Cc1ccccc1CO)c1nc2ccccc2s1. The van der Waals surface area contributed by atoms with Gasteiger partial charge in [-0.25, -0.2) is 4.98 Å². The Kier molecular flexibility index (Phi) is 3.96. The van der Waals surface area contributed by atoms with E-state index in [9.17, 15) is 10.4 Å². The van der Waals surface area contributed by atoms with Gasteiger partial charge in [0.1, 0.15) is 10.9 Å². The lowest BCUT2D eigenvalue weighted by Crippen LogP contribution is -2.03. The number of aromatic nitrogens is 1. The molecule has 3 nitrogen and oxygen atoms in total. The molecule has 1 atom stereocenters. The summed E-state index contributed by atoms with van der Waals surface area (Å²) in [5.74, 6) is -0.282. The second-order valence-electron chi connectivity index (χ2n) is 4.83. The number of para-hydroxylation sites is 1. The highest BCUT2D eigenvalue weighted by Crippen LogP contribution is 2.30. The monoisotopic (exact) mass is 294 g/mol. The highest BCUT2D eigenvalue weighted by molar-refractivity contribution is 7.18. The zero-order valence-corrected chi connectivity index (χ0v) is 12.2. The van der Waals surface area contributed by atoms with Crippen LogP contribution in [0.4, 0.5) is 0 Å². The topological polar surface area (TPSA) is 56.9 Å². The molecule has 3 aromatic rings. The number of thiazole rings is 1. The second kappa shape index (κ2) is 6.04. The summed E-state index contributed by atoms with van der Waals surface area (Å²) in [6.07, 6.45) is 0.576. The van der Waals surface area contributed by atoms with E-state index in [1.807, 2.05) is 48.5 Å². The summed E-state index contributed by atoms with van der Waals surface area (Å²) in [6.45, 7) is -0.00579. The molecule has 1 heterocycles. The van der Waals surface area contributed by atoms with Crippen LogP contribution in [0, 0.1) is 11.3 Å². The molecule has 21 heavy (non-hydrogen) atoms. The summed E-state index contributed by atoms with van der Waals surface area (Å²) in [6, 6.07) is 17.9. The Labute approximate surface area is 127 Å². The molecule has 0 amide bonds. The molecule has 4 heteroatoms. The number of nitriles is 1. The number of aliphatic hydroxyl groups excluding tert-OH is 1. The fourth-order valence-corrected chi connectivity index (χ4v) is 3.37. The van der Waals surface area contributed by atoms with Crippen molar-refractivity contribution >= 4 is 21.6 Å². The Bertz CT molecular complexity index is 771. The van der Waals surface area contributed by atoms with Gasteiger partial charge in [-0.1, -0.05) is 36.4 Å². The van der Waals surface area contributed by atoms with Gasteiger partial charge in [-0.15, -0.1) is 11.3 Å². The fourth-order valence-electron chi connectivity index (χ4n) is 2.36. The molecule has 3 rings (SSSR count). The molecule has 0 unspecified atom stereocenters. The van der Waals surface area contributed by atoms with Crippen LogP contribution in [0.15, 0.2) is 48.5 Å². The molecule has 0 aliphatic rings. The summed E-state index contributed by atoms with van der Waals surface area (Å²) in [4.78, 5) is 4.57. The van der Waals surface area contributed by atoms with E-state index in [1.165, 1.54) is 0 Å². The summed E-state index contributed by atoms with van der Waals surface area (Å²) >= 11 is 1.57. The van der Waals surface area contributed by atoms with Gasteiger partial charge in [-0.05, 0) is 29.7 Å². The van der Waals surface area contributed by atoms with E-state index >= 15 is 0 Å². The van der Waals surface area contributed by atoms with Gasteiger partial charge in [0, 0.05) is 0 Å². The predicted molar refractivity (Wildman–Crippen MR) is 84.0 cm³/mol. The van der Waals surface area contributed by atoms with E-state index in [2.05, 4.69) is 11.1 Å². The summed E-state index contributed by atoms with van der Waals surface area (Å²) in [5.41, 5.74) is 2.82. The van der Waals surface area contributed by atoms with Crippen molar-refractivity contribution in [3.05, 3.63) is 64.7 Å². The average Bonchev–Trinajstić information content (AvgIpc) is 2.96. The van der Waals surface area contributed by atoms with Gasteiger partial charge in [0.05, 0.1) is 22.9 Å². The van der Waals surface area contributed by atoms with Gasteiger partial charge in [0.15, 0.2) is 0 Å². The Morgan fingerprint density at radius 3 is 2.52 bits per heavy atom. The first kappa shape index (κ1) is 13.7. The molecular formula is C17H14N2OS. The van der Waals surface area contributed by atoms with E-state index < -0.39 is 0 Å². The Balaban J connectivity index is 1.93. The van der Waals surface area contributed by atoms with Crippen LogP contribution in [-0.2, 0) is 13.0 Å². The van der Waals surface area contributed by atoms with Crippen molar-refractivity contribution in [1.29, 1.82) is 5.26 Å². The van der Waals surface area contributed by atoms with Crippen molar-refractivity contribution in [2.45, 2.75) is 18.9 Å². The molecule has 0 bridgehead atoms. The lowest BCUT2D eigenvalue weighted by molar-refractivity contribution is 0.280. The third-order valence-electron chi connectivity index (χ3n) is 3.48. The van der Waals surface area contributed by atoms with Crippen molar-refractivity contribution in [2.24, 2.45) is 0 Å². The quantitative estimate of drug-likeness (QED) is 0.799. The number of benzene rings is 2. The maximum Gasteiger partial charge on any atom is 0.111 e. The van der Waals surface area contributed by atoms with Crippen LogP contribution in [0.2, 0.25) is 0 Å². The molecule has 0 radical (unpaired) electrons. The van der Waals surface area contributed by atoms with Crippen LogP contribution >= 0.6 is 11.3 Å². The van der Waals surface area contributed by atoms with Crippen molar-refractivity contribution in [1.82, 2.24) is 4.98 Å². The molecule has 0 saturated heterocycles. The van der Waals surface area contributed by atoms with Gasteiger partial charge in [-0.2, -0.15) is 5.26 Å². The molecule has 104 valence electrons. The number of aliphatic hydroxyl groups is 1. The smallest absolute Gasteiger partial charge is 0.111 e. The van der Waals surface area contributed by atoms with Gasteiger partial charge >= 0.3 is 0 Å². The third-order valence-corrected chi connectivity index (χ3v) is 4.63. The zero-order valence-electron chi connectivity index (χ0n) is 11.4. The predicted octanol–water partition coefficient (Wildman–Crippen LogP) is 3.64. The van der Waals surface area contributed by atoms with Gasteiger partial charge < -0.3 is 5.11 Å². The third kappa shape index (κ3) is 2.80. The molecular weight excluding hydrogens is 280 g/mol. The van der Waals surface area contributed by atoms with Crippen molar-refractivity contribution in [3.8, 4) is 6.07 Å². The Morgan fingerprint density at radius 2 is 1.81 bits per heavy atom. The molecule has 2 aromatic carbocycles. The average molecular weight is 294 g/mol. The first-order valence-electron chi connectivity index (χ1n) is 6.74. The minimum Gasteiger partial charge on any atom is -0.392 e. The van der Waals surface area contributed by atoms with Crippen LogP contribution < -0.4 is 0 Å². The molecule has 1 aromatic heterocycles. The van der Waals surface area contributed by atoms with Gasteiger partial charge in [0.25, 0.3) is 0 Å². The lowest BCUT2D eigenvalue weighted by Gasteiger charge is -2.09. The number of nitrogens with zero attached hydrogens (tertiary/aromatic N) is 2. The number of hydrogen-bond donors (Lipinski definition) is 1.